The second-order valence-corrected chi connectivity index (χ2v) is 4.95. The molecule has 0 saturated carbocycles. The Bertz CT molecular complexity index is 559. The van der Waals surface area contributed by atoms with Crippen LogP contribution in [0.4, 0.5) is 5.69 Å². The van der Waals surface area contributed by atoms with Crippen LogP contribution in [0.25, 0.3) is 0 Å². The van der Waals surface area contributed by atoms with E-state index in [1.165, 1.54) is 16.7 Å². The monoisotopic (exact) mass is 242 g/mol. The van der Waals surface area contributed by atoms with Crippen molar-refractivity contribution in [1.82, 2.24) is 15.5 Å². The Morgan fingerprint density at radius 3 is 3.17 bits per heavy atom. The summed E-state index contributed by atoms with van der Waals surface area (Å²) in [6.07, 6.45) is 4.15. The van der Waals surface area contributed by atoms with Crippen molar-refractivity contribution in [2.45, 2.75) is 32.4 Å². The number of H-pyrrole nitrogens is 1. The Morgan fingerprint density at radius 1 is 1.50 bits per heavy atom. The fourth-order valence-electron chi connectivity index (χ4n) is 2.64. The fraction of sp³-hybridized carbons (Fsp3) is 0.357. The number of fused-ring (bicyclic) bond motifs is 1. The van der Waals surface area contributed by atoms with E-state index in [1.54, 1.807) is 0 Å². The number of nitrogens with two attached hydrogens (primary N) is 1. The summed E-state index contributed by atoms with van der Waals surface area (Å²) in [5.41, 5.74) is 11.8. The van der Waals surface area contributed by atoms with Crippen LogP contribution in [0.15, 0.2) is 24.4 Å². The van der Waals surface area contributed by atoms with E-state index in [2.05, 4.69) is 27.6 Å². The molecular formula is C14H18N4. The molecule has 0 fully saturated rings. The second-order valence-electron chi connectivity index (χ2n) is 4.95. The van der Waals surface area contributed by atoms with Crippen molar-refractivity contribution in [1.29, 1.82) is 0 Å². The number of anilines is 1. The summed E-state index contributed by atoms with van der Waals surface area (Å²) >= 11 is 0. The van der Waals surface area contributed by atoms with Gasteiger partial charge in [-0.3, -0.25) is 5.10 Å². The molecule has 1 aromatic heterocycles. The molecule has 4 nitrogen and oxygen atoms in total. The van der Waals surface area contributed by atoms with Crippen LogP contribution < -0.4 is 11.1 Å². The van der Waals surface area contributed by atoms with Gasteiger partial charge in [0.2, 0.25) is 0 Å². The van der Waals surface area contributed by atoms with E-state index < -0.39 is 0 Å². The minimum Gasteiger partial charge on any atom is -0.399 e. The van der Waals surface area contributed by atoms with Crippen LogP contribution in [-0.2, 0) is 13.0 Å². The molecule has 0 saturated heterocycles. The largest absolute Gasteiger partial charge is 0.399 e. The van der Waals surface area contributed by atoms with Gasteiger partial charge in [0, 0.05) is 29.5 Å². The Kier molecular flexibility index (Phi) is 2.80. The van der Waals surface area contributed by atoms with Crippen LogP contribution in [0.5, 0.6) is 0 Å². The third kappa shape index (κ3) is 1.99. The summed E-state index contributed by atoms with van der Waals surface area (Å²) in [7, 11) is 0. The highest BCUT2D eigenvalue weighted by Gasteiger charge is 2.22. The molecule has 1 atom stereocenters. The zero-order valence-corrected chi connectivity index (χ0v) is 10.5. The lowest BCUT2D eigenvalue weighted by Gasteiger charge is -2.13. The van der Waals surface area contributed by atoms with Gasteiger partial charge in [-0.15, -0.1) is 0 Å². The first-order valence-corrected chi connectivity index (χ1v) is 6.34. The summed E-state index contributed by atoms with van der Waals surface area (Å²) in [4.78, 5) is 0. The quantitative estimate of drug-likeness (QED) is 0.722. The molecule has 1 aromatic carbocycles. The molecule has 2 aromatic rings. The van der Waals surface area contributed by atoms with Gasteiger partial charge in [0.1, 0.15) is 0 Å². The average Bonchev–Trinajstić information content (AvgIpc) is 2.93. The number of nitrogens with zero attached hydrogens (tertiary/aromatic N) is 1. The smallest absolute Gasteiger partial charge is 0.0535 e. The predicted octanol–water partition coefficient (Wildman–Crippen LogP) is 2.08. The molecular weight excluding hydrogens is 224 g/mol. The van der Waals surface area contributed by atoms with Crippen LogP contribution >= 0.6 is 0 Å². The van der Waals surface area contributed by atoms with Gasteiger partial charge in [0.25, 0.3) is 0 Å². The number of hydrogen-bond donors (Lipinski definition) is 3. The minimum absolute atomic E-state index is 0.440. The first-order valence-electron chi connectivity index (χ1n) is 6.34. The molecule has 1 aliphatic rings. The topological polar surface area (TPSA) is 66.7 Å². The van der Waals surface area contributed by atoms with Gasteiger partial charge in [-0.1, -0.05) is 6.07 Å². The van der Waals surface area contributed by atoms with Crippen molar-refractivity contribution in [3.63, 3.8) is 0 Å². The van der Waals surface area contributed by atoms with Gasteiger partial charge >= 0.3 is 0 Å². The highest BCUT2D eigenvalue weighted by atomic mass is 15.1. The predicted molar refractivity (Wildman–Crippen MR) is 72.1 cm³/mol. The number of hydrogen-bond acceptors (Lipinski definition) is 3. The van der Waals surface area contributed by atoms with E-state index in [-0.39, 0.29) is 0 Å². The molecule has 18 heavy (non-hydrogen) atoms. The van der Waals surface area contributed by atoms with E-state index >= 15 is 0 Å². The minimum atomic E-state index is 0.440. The lowest BCUT2D eigenvalue weighted by atomic mass is 10.1. The van der Waals surface area contributed by atoms with Crippen LogP contribution in [0.2, 0.25) is 0 Å². The van der Waals surface area contributed by atoms with Crippen molar-refractivity contribution < 1.29 is 0 Å². The maximum atomic E-state index is 5.81. The van der Waals surface area contributed by atoms with Crippen molar-refractivity contribution >= 4 is 5.69 Å². The molecule has 4 N–H and O–H groups in total. The fourth-order valence-corrected chi connectivity index (χ4v) is 2.64. The summed E-state index contributed by atoms with van der Waals surface area (Å²) in [5.74, 6) is 0. The van der Waals surface area contributed by atoms with E-state index in [0.717, 1.165) is 30.8 Å². The lowest BCUT2D eigenvalue weighted by Crippen LogP contribution is -2.18. The number of aromatic amines is 1. The molecule has 0 spiro atoms. The molecule has 1 heterocycles. The van der Waals surface area contributed by atoms with Gasteiger partial charge < -0.3 is 11.1 Å². The molecule has 0 radical (unpaired) electrons. The highest BCUT2D eigenvalue weighted by Crippen LogP contribution is 2.32. The average molecular weight is 242 g/mol. The Balaban J connectivity index is 1.71. The van der Waals surface area contributed by atoms with Crippen LogP contribution in [0.3, 0.4) is 0 Å². The lowest BCUT2D eigenvalue weighted by molar-refractivity contribution is 0.529. The van der Waals surface area contributed by atoms with E-state index in [0.29, 0.717) is 6.04 Å². The summed E-state index contributed by atoms with van der Waals surface area (Å²) in [6.45, 7) is 2.91. The number of nitrogens with one attached hydrogen (secondary N) is 2. The van der Waals surface area contributed by atoms with Crippen LogP contribution in [-0.4, -0.2) is 10.2 Å². The molecule has 4 heteroatoms. The van der Waals surface area contributed by atoms with E-state index in [4.69, 9.17) is 5.73 Å². The number of rotatable bonds is 3. The van der Waals surface area contributed by atoms with Crippen molar-refractivity contribution in [2.75, 3.05) is 5.73 Å². The summed E-state index contributed by atoms with van der Waals surface area (Å²) in [5, 5.41) is 10.6. The molecule has 1 aliphatic carbocycles. The number of aromatic nitrogens is 2. The first-order chi connectivity index (χ1) is 8.74. The zero-order chi connectivity index (χ0) is 12.5. The van der Waals surface area contributed by atoms with Gasteiger partial charge in [0.15, 0.2) is 0 Å². The SMILES string of the molecule is Cc1[nH]ncc1CNC1CCc2cc(N)ccc21. The molecule has 0 amide bonds. The molecule has 0 aliphatic heterocycles. The van der Waals surface area contributed by atoms with Gasteiger partial charge in [0.05, 0.1) is 6.20 Å². The van der Waals surface area contributed by atoms with Crippen molar-refractivity contribution in [3.8, 4) is 0 Å². The van der Waals surface area contributed by atoms with Gasteiger partial charge in [-0.2, -0.15) is 5.10 Å². The third-order valence-corrected chi connectivity index (χ3v) is 3.72. The van der Waals surface area contributed by atoms with Crippen molar-refractivity contribution in [3.05, 3.63) is 46.8 Å². The molecule has 0 bridgehead atoms. The zero-order valence-electron chi connectivity index (χ0n) is 10.5. The second kappa shape index (κ2) is 4.46. The first kappa shape index (κ1) is 11.3. The maximum Gasteiger partial charge on any atom is 0.0535 e. The molecule has 1 unspecified atom stereocenters. The molecule has 3 rings (SSSR count). The van der Waals surface area contributed by atoms with Gasteiger partial charge in [-0.25, -0.2) is 0 Å². The van der Waals surface area contributed by atoms with Crippen LogP contribution in [0.1, 0.15) is 34.8 Å². The Hall–Kier alpha value is -1.81. The van der Waals surface area contributed by atoms with Crippen LogP contribution in [0, 0.1) is 6.92 Å². The van der Waals surface area contributed by atoms with E-state index in [9.17, 15) is 0 Å². The van der Waals surface area contributed by atoms with Crippen molar-refractivity contribution in [2.24, 2.45) is 0 Å². The normalized spacial score (nSPS) is 17.9. The maximum absolute atomic E-state index is 5.81. The van der Waals surface area contributed by atoms with E-state index in [1.807, 2.05) is 19.2 Å². The third-order valence-electron chi connectivity index (χ3n) is 3.72. The Morgan fingerprint density at radius 2 is 2.39 bits per heavy atom. The summed E-state index contributed by atoms with van der Waals surface area (Å²) in [6, 6.07) is 6.68. The number of nitrogen functional groups attached to an aromatic ring is 1. The number of aryl methyl sites for hydroxylation is 2. The number of benzene rings is 1. The standard InChI is InChI=1S/C14H18N4/c1-9-11(8-17-18-9)7-16-14-5-2-10-6-12(15)3-4-13(10)14/h3-4,6,8,14,16H,2,5,7,15H2,1H3,(H,17,18). The molecule has 94 valence electrons. The van der Waals surface area contributed by atoms with Gasteiger partial charge in [-0.05, 0) is 43.0 Å². The Labute approximate surface area is 107 Å². The highest BCUT2D eigenvalue weighted by molar-refractivity contribution is 5.47. The summed E-state index contributed by atoms with van der Waals surface area (Å²) < 4.78 is 0.